The monoisotopic (exact) mass is 301 g/mol. The Morgan fingerprint density at radius 1 is 1.58 bits per heavy atom. The Morgan fingerprint density at radius 3 is 3.05 bits per heavy atom. The van der Waals surface area contributed by atoms with Crippen LogP contribution in [0.15, 0.2) is 23.4 Å². The van der Waals surface area contributed by atoms with Gasteiger partial charge < -0.3 is 5.32 Å². The van der Waals surface area contributed by atoms with Gasteiger partial charge in [-0.1, -0.05) is 6.92 Å². The van der Waals surface area contributed by atoms with Gasteiger partial charge in [-0.25, -0.2) is 8.42 Å². The second kappa shape index (κ2) is 6.11. The van der Waals surface area contributed by atoms with Gasteiger partial charge >= 0.3 is 0 Å². The minimum atomic E-state index is -3.45. The first kappa shape index (κ1) is 14.6. The fraction of sp³-hybridized carbons (Fsp3) is 0.583. The summed E-state index contributed by atoms with van der Waals surface area (Å²) in [6, 6.07) is 1.71. The molecule has 1 aromatic rings. The Labute approximate surface area is 118 Å². The lowest BCUT2D eigenvalue weighted by Crippen LogP contribution is -2.41. The largest absolute Gasteiger partial charge is 0.384 e. The lowest BCUT2D eigenvalue weighted by atomic mass is 10.4. The molecule has 106 valence electrons. The Morgan fingerprint density at radius 2 is 2.37 bits per heavy atom. The van der Waals surface area contributed by atoms with E-state index >= 15 is 0 Å². The zero-order valence-corrected chi connectivity index (χ0v) is 12.8. The standard InChI is InChI=1S/C12H19N3O2S2/c1-3-14-11-4-5-13-8-12(11)19(16,17)15-6-7-18-10(2)9-15/h4-5,8,10H,3,6-7,9H2,1-2H3,(H,13,14). The van der Waals surface area contributed by atoms with Gasteiger partial charge in [0.15, 0.2) is 0 Å². The van der Waals surface area contributed by atoms with Crippen molar-refractivity contribution >= 4 is 27.5 Å². The molecule has 2 rings (SSSR count). The molecule has 1 fully saturated rings. The highest BCUT2D eigenvalue weighted by Crippen LogP contribution is 2.27. The number of rotatable bonds is 4. The van der Waals surface area contributed by atoms with Gasteiger partial charge in [0.25, 0.3) is 0 Å². The second-order valence-corrected chi connectivity index (χ2v) is 7.90. The molecule has 0 bridgehead atoms. The molecule has 0 aromatic carbocycles. The lowest BCUT2D eigenvalue weighted by molar-refractivity contribution is 0.424. The van der Waals surface area contributed by atoms with Crippen molar-refractivity contribution in [3.8, 4) is 0 Å². The number of nitrogens with one attached hydrogen (secondary N) is 1. The second-order valence-electron chi connectivity index (χ2n) is 4.45. The van der Waals surface area contributed by atoms with Crippen LogP contribution in [-0.4, -0.2) is 48.3 Å². The molecule has 1 N–H and O–H groups in total. The molecule has 5 nitrogen and oxygen atoms in total. The third kappa shape index (κ3) is 3.21. The third-order valence-electron chi connectivity index (χ3n) is 2.97. The predicted molar refractivity (Wildman–Crippen MR) is 79.1 cm³/mol. The highest BCUT2D eigenvalue weighted by atomic mass is 32.2. The molecule has 19 heavy (non-hydrogen) atoms. The molecular formula is C12H19N3O2S2. The van der Waals surface area contributed by atoms with Gasteiger partial charge in [0.1, 0.15) is 4.90 Å². The maximum Gasteiger partial charge on any atom is 0.246 e. The van der Waals surface area contributed by atoms with Crippen molar-refractivity contribution < 1.29 is 8.42 Å². The Bertz CT molecular complexity index is 534. The normalized spacial score (nSPS) is 21.3. The minimum Gasteiger partial charge on any atom is -0.384 e. The molecule has 1 aliphatic heterocycles. The molecule has 0 spiro atoms. The van der Waals surface area contributed by atoms with Gasteiger partial charge in [-0.2, -0.15) is 16.1 Å². The molecule has 1 atom stereocenters. The maximum absolute atomic E-state index is 12.7. The first-order valence-electron chi connectivity index (χ1n) is 6.35. The summed E-state index contributed by atoms with van der Waals surface area (Å²) >= 11 is 1.81. The molecule has 0 aliphatic carbocycles. The van der Waals surface area contributed by atoms with Crippen LogP contribution < -0.4 is 5.32 Å². The summed E-state index contributed by atoms with van der Waals surface area (Å²) in [7, 11) is -3.45. The van der Waals surface area contributed by atoms with E-state index in [4.69, 9.17) is 0 Å². The van der Waals surface area contributed by atoms with Crippen LogP contribution in [0.5, 0.6) is 0 Å². The van der Waals surface area contributed by atoms with E-state index in [1.54, 1.807) is 16.6 Å². The van der Waals surface area contributed by atoms with E-state index in [2.05, 4.69) is 17.2 Å². The Hall–Kier alpha value is -0.790. The molecule has 1 aliphatic rings. The van der Waals surface area contributed by atoms with Crippen molar-refractivity contribution in [3.63, 3.8) is 0 Å². The third-order valence-corrected chi connectivity index (χ3v) is 6.00. The average molecular weight is 301 g/mol. The number of hydrogen-bond acceptors (Lipinski definition) is 5. The lowest BCUT2D eigenvalue weighted by Gasteiger charge is -2.30. The first-order chi connectivity index (χ1) is 9.05. The molecule has 7 heteroatoms. The molecule has 1 aromatic heterocycles. The van der Waals surface area contributed by atoms with Crippen molar-refractivity contribution in [1.82, 2.24) is 9.29 Å². The van der Waals surface area contributed by atoms with Gasteiger partial charge in [0.2, 0.25) is 10.0 Å². The van der Waals surface area contributed by atoms with Crippen molar-refractivity contribution in [1.29, 1.82) is 0 Å². The van der Waals surface area contributed by atoms with Crippen molar-refractivity contribution in [2.45, 2.75) is 24.0 Å². The van der Waals surface area contributed by atoms with Gasteiger partial charge in [-0.3, -0.25) is 4.98 Å². The average Bonchev–Trinajstić information content (AvgIpc) is 2.39. The number of thioether (sulfide) groups is 1. The van der Waals surface area contributed by atoms with E-state index in [-0.39, 0.29) is 4.90 Å². The highest BCUT2D eigenvalue weighted by molar-refractivity contribution is 8.00. The first-order valence-corrected chi connectivity index (χ1v) is 8.84. The summed E-state index contributed by atoms with van der Waals surface area (Å²) in [6.45, 7) is 5.81. The van der Waals surface area contributed by atoms with Crippen molar-refractivity contribution in [2.24, 2.45) is 0 Å². The topological polar surface area (TPSA) is 62.3 Å². The highest BCUT2D eigenvalue weighted by Gasteiger charge is 2.30. The number of hydrogen-bond donors (Lipinski definition) is 1. The smallest absolute Gasteiger partial charge is 0.246 e. The van der Waals surface area contributed by atoms with Gasteiger partial charge in [0.05, 0.1) is 5.69 Å². The van der Waals surface area contributed by atoms with E-state index in [9.17, 15) is 8.42 Å². The van der Waals surface area contributed by atoms with E-state index in [1.807, 2.05) is 18.7 Å². The fourth-order valence-corrected chi connectivity index (χ4v) is 4.93. The van der Waals surface area contributed by atoms with Crippen LogP contribution in [0.4, 0.5) is 5.69 Å². The van der Waals surface area contributed by atoms with Crippen LogP contribution in [0.25, 0.3) is 0 Å². The summed E-state index contributed by atoms with van der Waals surface area (Å²) in [6.07, 6.45) is 3.03. The molecule has 0 saturated carbocycles. The van der Waals surface area contributed by atoms with Gasteiger partial charge in [-0.05, 0) is 13.0 Å². The van der Waals surface area contributed by atoms with Crippen molar-refractivity contribution in [3.05, 3.63) is 18.5 Å². The molecule has 2 heterocycles. The molecule has 1 unspecified atom stereocenters. The van der Waals surface area contributed by atoms with E-state index in [1.165, 1.54) is 6.20 Å². The molecule has 0 amide bonds. The summed E-state index contributed by atoms with van der Waals surface area (Å²) < 4.78 is 26.9. The van der Waals surface area contributed by atoms with Gasteiger partial charge in [0, 0.05) is 43.0 Å². The maximum atomic E-state index is 12.7. The number of pyridine rings is 1. The van der Waals surface area contributed by atoms with E-state index in [0.717, 1.165) is 5.75 Å². The van der Waals surface area contributed by atoms with Crippen LogP contribution in [0.2, 0.25) is 0 Å². The number of nitrogens with zero attached hydrogens (tertiary/aromatic N) is 2. The zero-order chi connectivity index (χ0) is 13.9. The van der Waals surface area contributed by atoms with Crippen molar-refractivity contribution in [2.75, 3.05) is 30.7 Å². The van der Waals surface area contributed by atoms with Crippen LogP contribution in [-0.2, 0) is 10.0 Å². The summed E-state index contributed by atoms with van der Waals surface area (Å²) in [5.41, 5.74) is 0.628. The minimum absolute atomic E-state index is 0.274. The van der Waals surface area contributed by atoms with Crippen LogP contribution in [0.3, 0.4) is 0 Å². The van der Waals surface area contributed by atoms with E-state index in [0.29, 0.717) is 30.6 Å². The van der Waals surface area contributed by atoms with Gasteiger partial charge in [-0.15, -0.1) is 0 Å². The zero-order valence-electron chi connectivity index (χ0n) is 11.2. The fourth-order valence-electron chi connectivity index (χ4n) is 2.07. The van der Waals surface area contributed by atoms with Crippen LogP contribution in [0, 0.1) is 0 Å². The predicted octanol–water partition coefficient (Wildman–Crippen LogP) is 1.64. The molecule has 1 saturated heterocycles. The van der Waals surface area contributed by atoms with E-state index < -0.39 is 10.0 Å². The number of anilines is 1. The van der Waals surface area contributed by atoms with Crippen LogP contribution in [0.1, 0.15) is 13.8 Å². The summed E-state index contributed by atoms with van der Waals surface area (Å²) in [5.74, 6) is 0.844. The number of aromatic nitrogens is 1. The molecular weight excluding hydrogens is 282 g/mol. The molecule has 0 radical (unpaired) electrons. The Kier molecular flexibility index (Phi) is 4.70. The van der Waals surface area contributed by atoms with Crippen LogP contribution >= 0.6 is 11.8 Å². The Balaban J connectivity index is 2.33. The quantitative estimate of drug-likeness (QED) is 0.916. The summed E-state index contributed by atoms with van der Waals surface area (Å²) in [4.78, 5) is 4.23. The summed E-state index contributed by atoms with van der Waals surface area (Å²) in [5, 5.41) is 3.42. The SMILES string of the molecule is CCNc1ccncc1S(=O)(=O)N1CCSC(C)C1. The number of sulfonamides is 1.